The van der Waals surface area contributed by atoms with Crippen molar-refractivity contribution < 1.29 is 9.53 Å². The number of hydrogen-bond donors (Lipinski definition) is 1. The lowest BCUT2D eigenvalue weighted by Crippen LogP contribution is -2.58. The molecule has 1 aromatic carbocycles. The number of ether oxygens (including phenoxy) is 1. The number of nitrogens with two attached hydrogens (primary N) is 1. The molecule has 2 N–H and O–H groups in total. The SMILES string of the molecule is Cl.NC1(C(=O)N2CCOC(c3ccc(Br)cc3)C2)CCCCC1. The third-order valence-electron chi connectivity index (χ3n) is 4.77. The first kappa shape index (κ1) is 18.7. The molecule has 1 aliphatic heterocycles. The molecule has 1 heterocycles. The number of halogens is 2. The van der Waals surface area contributed by atoms with E-state index in [-0.39, 0.29) is 24.4 Å². The molecular formula is C17H24BrClN2O2. The van der Waals surface area contributed by atoms with Gasteiger partial charge in [0, 0.05) is 11.0 Å². The van der Waals surface area contributed by atoms with Gasteiger partial charge >= 0.3 is 0 Å². The second kappa shape index (κ2) is 7.97. The van der Waals surface area contributed by atoms with Gasteiger partial charge in [0.1, 0.15) is 6.10 Å². The monoisotopic (exact) mass is 402 g/mol. The Hall–Kier alpha value is -0.620. The van der Waals surface area contributed by atoms with Crippen LogP contribution in [0.15, 0.2) is 28.7 Å². The van der Waals surface area contributed by atoms with E-state index in [4.69, 9.17) is 10.5 Å². The molecule has 128 valence electrons. The summed E-state index contributed by atoms with van der Waals surface area (Å²) in [5.74, 6) is 0.109. The molecule has 1 saturated heterocycles. The van der Waals surface area contributed by atoms with Gasteiger partial charge in [-0.05, 0) is 30.5 Å². The number of carbonyl (C=O) groups excluding carboxylic acids is 1. The van der Waals surface area contributed by atoms with Crippen molar-refractivity contribution >= 4 is 34.2 Å². The van der Waals surface area contributed by atoms with E-state index in [1.807, 2.05) is 29.2 Å². The zero-order valence-electron chi connectivity index (χ0n) is 13.2. The van der Waals surface area contributed by atoms with Crippen LogP contribution >= 0.6 is 28.3 Å². The summed E-state index contributed by atoms with van der Waals surface area (Å²) in [6, 6.07) is 8.10. The normalized spacial score (nSPS) is 23.9. The second-order valence-corrected chi connectivity index (χ2v) is 7.29. The number of rotatable bonds is 2. The molecule has 2 fully saturated rings. The van der Waals surface area contributed by atoms with Crippen molar-refractivity contribution in [2.45, 2.75) is 43.7 Å². The lowest BCUT2D eigenvalue weighted by molar-refractivity contribution is -0.146. The Labute approximate surface area is 152 Å². The van der Waals surface area contributed by atoms with Gasteiger partial charge in [-0.25, -0.2) is 0 Å². The fourth-order valence-corrected chi connectivity index (χ4v) is 3.69. The summed E-state index contributed by atoms with van der Waals surface area (Å²) in [4.78, 5) is 14.7. The summed E-state index contributed by atoms with van der Waals surface area (Å²) in [7, 11) is 0. The topological polar surface area (TPSA) is 55.6 Å². The fourth-order valence-electron chi connectivity index (χ4n) is 3.42. The average molecular weight is 404 g/mol. The van der Waals surface area contributed by atoms with Gasteiger partial charge in [0.25, 0.3) is 0 Å². The molecule has 4 nitrogen and oxygen atoms in total. The molecule has 1 aromatic rings. The number of hydrogen-bond acceptors (Lipinski definition) is 3. The smallest absolute Gasteiger partial charge is 0.242 e. The van der Waals surface area contributed by atoms with Crippen molar-refractivity contribution in [3.05, 3.63) is 34.3 Å². The van der Waals surface area contributed by atoms with Gasteiger partial charge in [-0.3, -0.25) is 4.79 Å². The van der Waals surface area contributed by atoms with Gasteiger partial charge in [-0.15, -0.1) is 12.4 Å². The maximum absolute atomic E-state index is 12.8. The Bertz CT molecular complexity index is 532. The zero-order valence-corrected chi connectivity index (χ0v) is 15.6. The number of benzene rings is 1. The van der Waals surface area contributed by atoms with Crippen LogP contribution in [0, 0.1) is 0 Å². The molecule has 23 heavy (non-hydrogen) atoms. The van der Waals surface area contributed by atoms with Crippen LogP contribution in [0.3, 0.4) is 0 Å². The minimum atomic E-state index is -0.653. The van der Waals surface area contributed by atoms with Crippen LogP contribution in [-0.4, -0.2) is 36.0 Å². The maximum atomic E-state index is 12.8. The first-order chi connectivity index (χ1) is 10.6. The molecule has 1 unspecified atom stereocenters. The highest BCUT2D eigenvalue weighted by Crippen LogP contribution is 2.30. The maximum Gasteiger partial charge on any atom is 0.242 e. The van der Waals surface area contributed by atoms with Gasteiger partial charge in [-0.1, -0.05) is 47.3 Å². The number of carbonyl (C=O) groups is 1. The third-order valence-corrected chi connectivity index (χ3v) is 5.30. The Morgan fingerprint density at radius 1 is 1.22 bits per heavy atom. The Morgan fingerprint density at radius 2 is 1.87 bits per heavy atom. The Morgan fingerprint density at radius 3 is 2.52 bits per heavy atom. The van der Waals surface area contributed by atoms with Crippen LogP contribution in [0.2, 0.25) is 0 Å². The molecule has 1 saturated carbocycles. The van der Waals surface area contributed by atoms with E-state index in [1.54, 1.807) is 0 Å². The number of amides is 1. The summed E-state index contributed by atoms with van der Waals surface area (Å²) in [6.07, 6.45) is 4.87. The molecule has 1 atom stereocenters. The Kier molecular flexibility index (Phi) is 6.48. The summed E-state index contributed by atoms with van der Waals surface area (Å²) < 4.78 is 6.90. The summed E-state index contributed by atoms with van der Waals surface area (Å²) in [6.45, 7) is 1.81. The minimum Gasteiger partial charge on any atom is -0.370 e. The van der Waals surface area contributed by atoms with E-state index in [2.05, 4.69) is 15.9 Å². The van der Waals surface area contributed by atoms with Crippen molar-refractivity contribution in [1.82, 2.24) is 4.90 Å². The zero-order chi connectivity index (χ0) is 15.6. The van der Waals surface area contributed by atoms with E-state index < -0.39 is 5.54 Å². The van der Waals surface area contributed by atoms with E-state index in [1.165, 1.54) is 6.42 Å². The predicted octanol–water partition coefficient (Wildman–Crippen LogP) is 3.43. The molecule has 1 amide bonds. The Balaban J connectivity index is 0.00000192. The first-order valence-corrected chi connectivity index (χ1v) is 8.83. The predicted molar refractivity (Wildman–Crippen MR) is 96.7 cm³/mol. The molecule has 1 aliphatic carbocycles. The van der Waals surface area contributed by atoms with Gasteiger partial charge in [0.2, 0.25) is 5.91 Å². The molecule has 0 spiro atoms. The van der Waals surface area contributed by atoms with Crippen LogP contribution in [0.25, 0.3) is 0 Å². The molecular weight excluding hydrogens is 380 g/mol. The molecule has 0 bridgehead atoms. The number of nitrogens with zero attached hydrogens (tertiary/aromatic N) is 1. The molecule has 2 aliphatic rings. The second-order valence-electron chi connectivity index (χ2n) is 6.38. The molecule has 0 aromatic heterocycles. The van der Waals surface area contributed by atoms with Crippen molar-refractivity contribution in [2.75, 3.05) is 19.7 Å². The minimum absolute atomic E-state index is 0. The molecule has 0 radical (unpaired) electrons. The lowest BCUT2D eigenvalue weighted by atomic mass is 9.81. The van der Waals surface area contributed by atoms with Crippen LogP contribution in [0.1, 0.15) is 43.8 Å². The molecule has 6 heteroatoms. The highest BCUT2D eigenvalue weighted by Gasteiger charge is 2.40. The summed E-state index contributed by atoms with van der Waals surface area (Å²) >= 11 is 3.44. The standard InChI is InChI=1S/C17H23BrN2O2.ClH/c18-14-6-4-13(5-7-14)15-12-20(10-11-22-15)16(21)17(19)8-2-1-3-9-17;/h4-7,15H,1-3,8-12,19H2;1H. The fraction of sp³-hybridized carbons (Fsp3) is 0.588. The van der Waals surface area contributed by atoms with Crippen LogP contribution in [0.5, 0.6) is 0 Å². The highest BCUT2D eigenvalue weighted by atomic mass is 79.9. The highest BCUT2D eigenvalue weighted by molar-refractivity contribution is 9.10. The summed E-state index contributed by atoms with van der Waals surface area (Å²) in [5, 5.41) is 0. The molecule has 3 rings (SSSR count). The van der Waals surface area contributed by atoms with Gasteiger partial charge in [0.15, 0.2) is 0 Å². The van der Waals surface area contributed by atoms with Crippen molar-refractivity contribution in [2.24, 2.45) is 5.73 Å². The van der Waals surface area contributed by atoms with Gasteiger partial charge in [0.05, 0.1) is 18.7 Å². The van der Waals surface area contributed by atoms with E-state index in [9.17, 15) is 4.79 Å². The lowest BCUT2D eigenvalue weighted by Gasteiger charge is -2.40. The van der Waals surface area contributed by atoms with Gasteiger partial charge < -0.3 is 15.4 Å². The number of morpholine rings is 1. The van der Waals surface area contributed by atoms with E-state index >= 15 is 0 Å². The van der Waals surface area contributed by atoms with Crippen LogP contribution in [0.4, 0.5) is 0 Å². The summed E-state index contributed by atoms with van der Waals surface area (Å²) in [5.41, 5.74) is 6.85. The van der Waals surface area contributed by atoms with Crippen LogP contribution in [-0.2, 0) is 9.53 Å². The van der Waals surface area contributed by atoms with E-state index in [0.29, 0.717) is 19.7 Å². The van der Waals surface area contributed by atoms with Gasteiger partial charge in [-0.2, -0.15) is 0 Å². The largest absolute Gasteiger partial charge is 0.370 e. The van der Waals surface area contributed by atoms with Crippen molar-refractivity contribution in [3.8, 4) is 0 Å². The van der Waals surface area contributed by atoms with Crippen molar-refractivity contribution in [3.63, 3.8) is 0 Å². The van der Waals surface area contributed by atoms with Crippen molar-refractivity contribution in [1.29, 1.82) is 0 Å². The third kappa shape index (κ3) is 4.27. The first-order valence-electron chi connectivity index (χ1n) is 8.04. The van der Waals surface area contributed by atoms with E-state index in [0.717, 1.165) is 35.7 Å². The van der Waals surface area contributed by atoms with Crippen LogP contribution < -0.4 is 5.73 Å². The quantitative estimate of drug-likeness (QED) is 0.823. The average Bonchev–Trinajstić information content (AvgIpc) is 2.56.